The van der Waals surface area contributed by atoms with Crippen LogP contribution in [0.1, 0.15) is 40.0 Å². The molecule has 1 fully saturated rings. The summed E-state index contributed by atoms with van der Waals surface area (Å²) in [5.41, 5.74) is 0. The summed E-state index contributed by atoms with van der Waals surface area (Å²) in [6.07, 6.45) is 4.54. The maximum absolute atomic E-state index is 5.48. The minimum atomic E-state index is 0.520. The van der Waals surface area contributed by atoms with Gasteiger partial charge in [-0.25, -0.2) is 0 Å². The van der Waals surface area contributed by atoms with E-state index in [0.717, 1.165) is 17.8 Å². The molecule has 1 aliphatic rings. The molecule has 0 N–H and O–H groups in total. The maximum Gasteiger partial charge on any atom is 0.0599 e. The van der Waals surface area contributed by atoms with Crippen molar-refractivity contribution in [2.45, 2.75) is 46.1 Å². The Hall–Kier alpha value is -0.0400. The second kappa shape index (κ2) is 4.27. The van der Waals surface area contributed by atoms with Gasteiger partial charge in [0, 0.05) is 7.11 Å². The largest absolute Gasteiger partial charge is 0.381 e. The van der Waals surface area contributed by atoms with Gasteiger partial charge in [0.15, 0.2) is 0 Å². The van der Waals surface area contributed by atoms with Gasteiger partial charge in [0.05, 0.1) is 6.10 Å². The molecule has 1 nitrogen and oxygen atoms in total. The van der Waals surface area contributed by atoms with Crippen LogP contribution in [0.25, 0.3) is 0 Å². The van der Waals surface area contributed by atoms with Gasteiger partial charge in [0.1, 0.15) is 0 Å². The molecule has 0 spiro atoms. The van der Waals surface area contributed by atoms with Crippen molar-refractivity contribution in [3.8, 4) is 0 Å². The van der Waals surface area contributed by atoms with Crippen LogP contribution in [0.15, 0.2) is 0 Å². The van der Waals surface area contributed by atoms with E-state index in [2.05, 4.69) is 20.8 Å². The highest BCUT2D eigenvalue weighted by Gasteiger charge is 2.28. The predicted molar refractivity (Wildman–Crippen MR) is 52.1 cm³/mol. The highest BCUT2D eigenvalue weighted by atomic mass is 16.5. The third-order valence-electron chi connectivity index (χ3n) is 3.41. The second-order valence-electron chi connectivity index (χ2n) is 4.57. The zero-order chi connectivity index (χ0) is 9.14. The minimum absolute atomic E-state index is 0.520. The first-order valence-corrected chi connectivity index (χ1v) is 5.18. The maximum atomic E-state index is 5.48. The van der Waals surface area contributed by atoms with Crippen LogP contribution in [0.2, 0.25) is 0 Å². The Kier molecular flexibility index (Phi) is 3.57. The summed E-state index contributed by atoms with van der Waals surface area (Å²) in [7, 11) is 1.85. The molecule has 3 atom stereocenters. The molecule has 3 unspecified atom stereocenters. The summed E-state index contributed by atoms with van der Waals surface area (Å²) >= 11 is 0. The SMILES string of the molecule is COC1CC(C(C)C)CCC1C. The first kappa shape index (κ1) is 10.0. The first-order valence-electron chi connectivity index (χ1n) is 5.18. The van der Waals surface area contributed by atoms with E-state index in [-0.39, 0.29) is 0 Å². The highest BCUT2D eigenvalue weighted by molar-refractivity contribution is 4.79. The molecule has 1 saturated carbocycles. The Morgan fingerprint density at radius 2 is 1.92 bits per heavy atom. The fourth-order valence-electron chi connectivity index (χ4n) is 2.25. The fraction of sp³-hybridized carbons (Fsp3) is 1.00. The van der Waals surface area contributed by atoms with Gasteiger partial charge in [0.2, 0.25) is 0 Å². The van der Waals surface area contributed by atoms with Gasteiger partial charge in [-0.15, -0.1) is 0 Å². The van der Waals surface area contributed by atoms with E-state index in [4.69, 9.17) is 4.74 Å². The molecule has 1 aliphatic carbocycles. The second-order valence-corrected chi connectivity index (χ2v) is 4.57. The zero-order valence-electron chi connectivity index (χ0n) is 8.84. The van der Waals surface area contributed by atoms with Gasteiger partial charge < -0.3 is 4.74 Å². The standard InChI is InChI=1S/C11H22O/c1-8(2)10-6-5-9(3)11(7-10)12-4/h8-11H,5-7H2,1-4H3. The number of hydrogen-bond acceptors (Lipinski definition) is 1. The molecule has 0 aromatic rings. The van der Waals surface area contributed by atoms with E-state index in [1.807, 2.05) is 7.11 Å². The molecule has 0 heterocycles. The number of rotatable bonds is 2. The van der Waals surface area contributed by atoms with Crippen LogP contribution in [-0.2, 0) is 4.74 Å². The summed E-state index contributed by atoms with van der Waals surface area (Å²) in [5, 5.41) is 0. The van der Waals surface area contributed by atoms with Crippen LogP contribution in [0, 0.1) is 17.8 Å². The minimum Gasteiger partial charge on any atom is -0.381 e. The summed E-state index contributed by atoms with van der Waals surface area (Å²) in [6.45, 7) is 6.96. The van der Waals surface area contributed by atoms with Crippen molar-refractivity contribution in [2.75, 3.05) is 7.11 Å². The molecule has 12 heavy (non-hydrogen) atoms. The monoisotopic (exact) mass is 170 g/mol. The third kappa shape index (κ3) is 2.22. The summed E-state index contributed by atoms with van der Waals surface area (Å²) < 4.78 is 5.48. The zero-order valence-corrected chi connectivity index (χ0v) is 8.84. The van der Waals surface area contributed by atoms with Gasteiger partial charge in [-0.3, -0.25) is 0 Å². The summed E-state index contributed by atoms with van der Waals surface area (Å²) in [5.74, 6) is 2.49. The van der Waals surface area contributed by atoms with Gasteiger partial charge in [-0.1, -0.05) is 20.8 Å². The molecule has 1 rings (SSSR count). The lowest BCUT2D eigenvalue weighted by molar-refractivity contribution is 0.00294. The number of ether oxygens (including phenoxy) is 1. The van der Waals surface area contributed by atoms with E-state index in [9.17, 15) is 0 Å². The molecule has 0 saturated heterocycles. The van der Waals surface area contributed by atoms with Crippen LogP contribution in [0.4, 0.5) is 0 Å². The Balaban J connectivity index is 2.44. The Morgan fingerprint density at radius 1 is 1.25 bits per heavy atom. The molecule has 0 aromatic heterocycles. The van der Waals surface area contributed by atoms with Gasteiger partial charge in [0.25, 0.3) is 0 Å². The van der Waals surface area contributed by atoms with Crippen LogP contribution < -0.4 is 0 Å². The average molecular weight is 170 g/mol. The number of methoxy groups -OCH3 is 1. The fourth-order valence-corrected chi connectivity index (χ4v) is 2.25. The molecular weight excluding hydrogens is 148 g/mol. The number of hydrogen-bond donors (Lipinski definition) is 0. The molecule has 0 amide bonds. The molecular formula is C11H22O. The highest BCUT2D eigenvalue weighted by Crippen LogP contribution is 2.34. The van der Waals surface area contributed by atoms with Gasteiger partial charge in [-0.05, 0) is 37.0 Å². The Bertz CT molecular complexity index is 131. The third-order valence-corrected chi connectivity index (χ3v) is 3.41. The van der Waals surface area contributed by atoms with Crippen molar-refractivity contribution >= 4 is 0 Å². The average Bonchev–Trinajstić information content (AvgIpc) is 2.05. The normalized spacial score (nSPS) is 37.2. The first-order chi connectivity index (χ1) is 5.65. The van der Waals surface area contributed by atoms with Crippen LogP contribution >= 0.6 is 0 Å². The van der Waals surface area contributed by atoms with E-state index in [1.165, 1.54) is 19.3 Å². The summed E-state index contributed by atoms with van der Waals surface area (Å²) in [6, 6.07) is 0. The summed E-state index contributed by atoms with van der Waals surface area (Å²) in [4.78, 5) is 0. The van der Waals surface area contributed by atoms with Gasteiger partial charge in [-0.2, -0.15) is 0 Å². The predicted octanol–water partition coefficient (Wildman–Crippen LogP) is 3.09. The smallest absolute Gasteiger partial charge is 0.0599 e. The Morgan fingerprint density at radius 3 is 2.42 bits per heavy atom. The lowest BCUT2D eigenvalue weighted by Gasteiger charge is -2.35. The van der Waals surface area contributed by atoms with Crippen LogP contribution in [0.5, 0.6) is 0 Å². The van der Waals surface area contributed by atoms with Crippen LogP contribution in [0.3, 0.4) is 0 Å². The van der Waals surface area contributed by atoms with E-state index >= 15 is 0 Å². The van der Waals surface area contributed by atoms with Crippen LogP contribution in [-0.4, -0.2) is 13.2 Å². The van der Waals surface area contributed by atoms with E-state index < -0.39 is 0 Å². The van der Waals surface area contributed by atoms with Crippen molar-refractivity contribution in [3.05, 3.63) is 0 Å². The van der Waals surface area contributed by atoms with Crippen molar-refractivity contribution < 1.29 is 4.74 Å². The van der Waals surface area contributed by atoms with Crippen molar-refractivity contribution in [1.82, 2.24) is 0 Å². The van der Waals surface area contributed by atoms with E-state index in [1.54, 1.807) is 0 Å². The van der Waals surface area contributed by atoms with Gasteiger partial charge >= 0.3 is 0 Å². The topological polar surface area (TPSA) is 9.23 Å². The molecule has 0 radical (unpaired) electrons. The molecule has 72 valence electrons. The molecule has 0 aromatic carbocycles. The van der Waals surface area contributed by atoms with Crippen molar-refractivity contribution in [3.63, 3.8) is 0 Å². The van der Waals surface area contributed by atoms with Crippen molar-refractivity contribution in [1.29, 1.82) is 0 Å². The molecule has 0 bridgehead atoms. The quantitative estimate of drug-likeness (QED) is 0.619. The molecule has 1 heteroatoms. The lowest BCUT2D eigenvalue weighted by Crippen LogP contribution is -2.31. The molecule has 0 aliphatic heterocycles. The lowest BCUT2D eigenvalue weighted by atomic mass is 9.76. The van der Waals surface area contributed by atoms with E-state index in [0.29, 0.717) is 6.10 Å². The van der Waals surface area contributed by atoms with Crippen molar-refractivity contribution in [2.24, 2.45) is 17.8 Å². The Labute approximate surface area is 76.5 Å².